The second-order valence-corrected chi connectivity index (χ2v) is 8.66. The molecule has 1 fully saturated rings. The summed E-state index contributed by atoms with van der Waals surface area (Å²) >= 11 is 0. The average Bonchev–Trinajstić information content (AvgIpc) is 3.46. The maximum absolute atomic E-state index is 12.6. The molecule has 1 atom stereocenters. The maximum Gasteiger partial charge on any atom is 0.232 e. The number of carbonyl (C=O) groups excluding carboxylic acids is 1. The Morgan fingerprint density at radius 3 is 2.65 bits per heavy atom. The van der Waals surface area contributed by atoms with Crippen molar-refractivity contribution in [3.05, 3.63) is 53.9 Å². The zero-order valence-corrected chi connectivity index (χ0v) is 20.1. The number of aromatic nitrogens is 2. The molecule has 2 aromatic carbocycles. The van der Waals surface area contributed by atoms with E-state index in [0.29, 0.717) is 49.3 Å². The molecule has 34 heavy (non-hydrogen) atoms. The highest BCUT2D eigenvalue weighted by molar-refractivity contribution is 5.79. The van der Waals surface area contributed by atoms with Crippen LogP contribution in [0.1, 0.15) is 51.0 Å². The van der Waals surface area contributed by atoms with Gasteiger partial charge in [-0.25, -0.2) is 0 Å². The second-order valence-electron chi connectivity index (χ2n) is 8.66. The van der Waals surface area contributed by atoms with Gasteiger partial charge in [0.2, 0.25) is 17.6 Å². The number of rotatable bonds is 10. The number of carbonyl (C=O) groups is 1. The highest BCUT2D eigenvalue weighted by Gasteiger charge is 2.34. The summed E-state index contributed by atoms with van der Waals surface area (Å²) in [7, 11) is 1.60. The average molecular weight is 466 g/mol. The van der Waals surface area contributed by atoms with Gasteiger partial charge in [-0.1, -0.05) is 24.2 Å². The molecule has 1 aromatic heterocycles. The second kappa shape index (κ2) is 10.6. The van der Waals surface area contributed by atoms with E-state index in [-0.39, 0.29) is 17.9 Å². The van der Waals surface area contributed by atoms with E-state index in [9.17, 15) is 4.79 Å². The molecule has 3 aromatic rings. The smallest absolute Gasteiger partial charge is 0.232 e. The molecule has 0 aliphatic carbocycles. The van der Waals surface area contributed by atoms with E-state index in [1.807, 2.05) is 61.2 Å². The minimum atomic E-state index is -0.133. The molecule has 0 N–H and O–H groups in total. The molecule has 1 aliphatic rings. The molecule has 4 rings (SSSR count). The van der Waals surface area contributed by atoms with Crippen LogP contribution in [0.3, 0.4) is 0 Å². The fourth-order valence-corrected chi connectivity index (χ4v) is 3.90. The zero-order valence-electron chi connectivity index (χ0n) is 20.1. The van der Waals surface area contributed by atoms with E-state index in [1.165, 1.54) is 0 Å². The Bertz CT molecular complexity index is 1110. The first-order chi connectivity index (χ1) is 16.5. The van der Waals surface area contributed by atoms with Crippen molar-refractivity contribution in [3.8, 4) is 28.6 Å². The third-order valence-corrected chi connectivity index (χ3v) is 5.56. The molecule has 1 unspecified atom stereocenters. The molecule has 0 bridgehead atoms. The summed E-state index contributed by atoms with van der Waals surface area (Å²) in [6.07, 6.45) is 1.35. The van der Waals surface area contributed by atoms with Crippen LogP contribution in [0.25, 0.3) is 11.4 Å². The normalized spacial score (nSPS) is 15.7. The Balaban J connectivity index is 1.42. The molecule has 0 saturated carbocycles. The largest absolute Gasteiger partial charge is 0.494 e. The number of nitrogens with zero attached hydrogens (tertiary/aromatic N) is 3. The van der Waals surface area contributed by atoms with Gasteiger partial charge in [0, 0.05) is 25.1 Å². The number of likely N-dealkylation sites (tertiary alicyclic amines) is 1. The topological polar surface area (TPSA) is 86.9 Å². The van der Waals surface area contributed by atoms with E-state index in [1.54, 1.807) is 7.11 Å². The van der Waals surface area contributed by atoms with Crippen LogP contribution in [0.4, 0.5) is 0 Å². The van der Waals surface area contributed by atoms with Gasteiger partial charge >= 0.3 is 0 Å². The zero-order chi connectivity index (χ0) is 24.1. The van der Waals surface area contributed by atoms with Crippen LogP contribution in [0.15, 0.2) is 47.0 Å². The molecule has 8 nitrogen and oxygen atoms in total. The first-order valence-corrected chi connectivity index (χ1v) is 11.6. The van der Waals surface area contributed by atoms with Gasteiger partial charge in [-0.05, 0) is 56.2 Å². The highest BCUT2D eigenvalue weighted by Crippen LogP contribution is 2.34. The Kier molecular flexibility index (Phi) is 7.35. The van der Waals surface area contributed by atoms with Crippen molar-refractivity contribution < 1.29 is 23.5 Å². The van der Waals surface area contributed by atoms with Gasteiger partial charge in [0.25, 0.3) is 0 Å². The molecule has 2 heterocycles. The van der Waals surface area contributed by atoms with Crippen molar-refractivity contribution >= 4 is 5.91 Å². The minimum Gasteiger partial charge on any atom is -0.494 e. The maximum atomic E-state index is 12.6. The summed E-state index contributed by atoms with van der Waals surface area (Å²) in [4.78, 5) is 19.0. The van der Waals surface area contributed by atoms with Crippen molar-refractivity contribution in [1.29, 1.82) is 0 Å². The third kappa shape index (κ3) is 5.50. The number of hydrogen-bond acceptors (Lipinski definition) is 7. The molecule has 1 saturated heterocycles. The lowest BCUT2D eigenvalue weighted by molar-refractivity contribution is -0.128. The molecule has 8 heteroatoms. The number of methoxy groups -OCH3 is 1. The predicted molar refractivity (Wildman–Crippen MR) is 127 cm³/mol. The van der Waals surface area contributed by atoms with Crippen LogP contribution in [0.5, 0.6) is 17.2 Å². The summed E-state index contributed by atoms with van der Waals surface area (Å²) < 4.78 is 22.4. The summed E-state index contributed by atoms with van der Waals surface area (Å²) in [6.45, 7) is 7.77. The van der Waals surface area contributed by atoms with Gasteiger partial charge in [-0.3, -0.25) is 4.79 Å². The van der Waals surface area contributed by atoms with Gasteiger partial charge in [0.1, 0.15) is 5.75 Å². The number of hydrogen-bond donors (Lipinski definition) is 0. The van der Waals surface area contributed by atoms with Gasteiger partial charge in [0.05, 0.1) is 25.7 Å². The quantitative estimate of drug-likeness (QED) is 0.423. The molecule has 180 valence electrons. The lowest BCUT2D eigenvalue weighted by Gasteiger charge is -2.16. The van der Waals surface area contributed by atoms with Gasteiger partial charge in [0.15, 0.2) is 11.5 Å². The SMILES string of the molecule is CCCOc1ccc(CN2CC(c3nc(-c4ccc(OC(C)C)c(OC)c4)no3)CC2=O)cc1. The Morgan fingerprint density at radius 1 is 1.15 bits per heavy atom. The molecular weight excluding hydrogens is 434 g/mol. The fourth-order valence-electron chi connectivity index (χ4n) is 3.90. The molecule has 1 aliphatic heterocycles. The third-order valence-electron chi connectivity index (χ3n) is 5.56. The van der Waals surface area contributed by atoms with Crippen LogP contribution in [0.2, 0.25) is 0 Å². The summed E-state index contributed by atoms with van der Waals surface area (Å²) in [6, 6.07) is 13.4. The molecule has 0 radical (unpaired) electrons. The fraction of sp³-hybridized carbons (Fsp3) is 0.423. The van der Waals surface area contributed by atoms with E-state index in [4.69, 9.17) is 18.7 Å². The van der Waals surface area contributed by atoms with Crippen molar-refractivity contribution in [3.63, 3.8) is 0 Å². The monoisotopic (exact) mass is 465 g/mol. The number of ether oxygens (including phenoxy) is 3. The summed E-state index contributed by atoms with van der Waals surface area (Å²) in [5.41, 5.74) is 1.81. The van der Waals surface area contributed by atoms with Crippen LogP contribution in [-0.4, -0.2) is 47.3 Å². The molecular formula is C26H31N3O5. The summed E-state index contributed by atoms with van der Waals surface area (Å²) in [5.74, 6) is 2.97. The highest BCUT2D eigenvalue weighted by atomic mass is 16.5. The van der Waals surface area contributed by atoms with E-state index >= 15 is 0 Å². The van der Waals surface area contributed by atoms with E-state index in [2.05, 4.69) is 17.1 Å². The van der Waals surface area contributed by atoms with Crippen molar-refractivity contribution in [2.24, 2.45) is 0 Å². The van der Waals surface area contributed by atoms with Crippen LogP contribution in [0, 0.1) is 0 Å². The van der Waals surface area contributed by atoms with E-state index < -0.39 is 0 Å². The number of amides is 1. The Hall–Kier alpha value is -3.55. The molecule has 0 spiro atoms. The molecule has 1 amide bonds. The van der Waals surface area contributed by atoms with E-state index in [0.717, 1.165) is 23.3 Å². The predicted octanol–water partition coefficient (Wildman–Crippen LogP) is 4.84. The van der Waals surface area contributed by atoms with Crippen molar-refractivity contribution in [1.82, 2.24) is 15.0 Å². The first-order valence-electron chi connectivity index (χ1n) is 11.6. The van der Waals surface area contributed by atoms with Gasteiger partial charge in [-0.15, -0.1) is 0 Å². The Labute approximate surface area is 199 Å². The van der Waals surface area contributed by atoms with Crippen molar-refractivity contribution in [2.75, 3.05) is 20.3 Å². The van der Waals surface area contributed by atoms with Crippen LogP contribution in [-0.2, 0) is 11.3 Å². The van der Waals surface area contributed by atoms with Crippen LogP contribution >= 0.6 is 0 Å². The summed E-state index contributed by atoms with van der Waals surface area (Å²) in [5, 5.41) is 4.14. The Morgan fingerprint density at radius 2 is 1.94 bits per heavy atom. The lowest BCUT2D eigenvalue weighted by atomic mass is 10.1. The van der Waals surface area contributed by atoms with Gasteiger partial charge in [-0.2, -0.15) is 4.98 Å². The lowest BCUT2D eigenvalue weighted by Crippen LogP contribution is -2.24. The van der Waals surface area contributed by atoms with Crippen LogP contribution < -0.4 is 14.2 Å². The first kappa shape index (κ1) is 23.6. The number of benzene rings is 2. The standard InChI is InChI=1S/C26H31N3O5/c1-5-12-32-21-9-6-18(7-10-21)15-29-16-20(14-24(29)30)26-27-25(28-34-26)19-8-11-22(33-17(2)3)23(13-19)31-4/h6-11,13,17,20H,5,12,14-16H2,1-4H3. The van der Waals surface area contributed by atoms with Gasteiger partial charge < -0.3 is 23.6 Å². The minimum absolute atomic E-state index is 0.0340. The van der Waals surface area contributed by atoms with Crippen molar-refractivity contribution in [2.45, 2.75) is 52.2 Å².